The van der Waals surface area contributed by atoms with Gasteiger partial charge in [0.1, 0.15) is 17.0 Å². The van der Waals surface area contributed by atoms with E-state index in [2.05, 4.69) is 20.3 Å². The van der Waals surface area contributed by atoms with E-state index in [-0.39, 0.29) is 16.9 Å². The predicted octanol–water partition coefficient (Wildman–Crippen LogP) is 3.30. The summed E-state index contributed by atoms with van der Waals surface area (Å²) in [6.07, 6.45) is 2.78. The van der Waals surface area contributed by atoms with Crippen LogP contribution in [0.25, 0.3) is 5.65 Å². The number of benzene rings is 1. The molecule has 0 spiro atoms. The number of pyridine rings is 1. The Morgan fingerprint density at radius 2 is 2.15 bits per heavy atom. The first kappa shape index (κ1) is 17.6. The minimum atomic E-state index is -0.588. The molecule has 26 heavy (non-hydrogen) atoms. The van der Waals surface area contributed by atoms with E-state index >= 15 is 0 Å². The highest BCUT2D eigenvalue weighted by atomic mass is 35.5. The molecule has 0 atom stereocenters. The van der Waals surface area contributed by atoms with E-state index in [9.17, 15) is 9.59 Å². The number of oxime groups is 1. The van der Waals surface area contributed by atoms with Gasteiger partial charge in [-0.1, -0.05) is 28.9 Å². The van der Waals surface area contributed by atoms with Gasteiger partial charge in [-0.3, -0.25) is 9.20 Å². The first-order valence-electron chi connectivity index (χ1n) is 7.71. The van der Waals surface area contributed by atoms with E-state index < -0.39 is 5.97 Å². The summed E-state index contributed by atoms with van der Waals surface area (Å²) in [5.74, 6) is -0.308. The molecule has 2 heterocycles. The third kappa shape index (κ3) is 3.73. The summed E-state index contributed by atoms with van der Waals surface area (Å²) in [5.41, 5.74) is 1.80. The van der Waals surface area contributed by atoms with Crippen molar-refractivity contribution in [3.05, 3.63) is 69.1 Å². The monoisotopic (exact) mass is 370 g/mol. The van der Waals surface area contributed by atoms with Crippen molar-refractivity contribution in [3.8, 4) is 0 Å². The molecule has 3 aromatic rings. The lowest BCUT2D eigenvalue weighted by molar-refractivity contribution is -0.140. The Labute approximate surface area is 153 Å². The molecule has 2 aromatic heterocycles. The molecule has 0 bridgehead atoms. The topological polar surface area (TPSA) is 85.1 Å². The number of carbonyl (C=O) groups excluding carboxylic acids is 1. The van der Waals surface area contributed by atoms with Crippen LogP contribution < -0.4 is 10.9 Å². The van der Waals surface area contributed by atoms with Gasteiger partial charge in [-0.15, -0.1) is 0 Å². The molecule has 132 valence electrons. The molecule has 0 amide bonds. The van der Waals surface area contributed by atoms with Gasteiger partial charge in [0, 0.05) is 23.8 Å². The lowest BCUT2D eigenvalue weighted by Gasteiger charge is -2.11. The van der Waals surface area contributed by atoms with Crippen LogP contribution in [0.4, 0.5) is 11.5 Å². The number of halogens is 1. The van der Waals surface area contributed by atoms with Gasteiger partial charge >= 0.3 is 5.97 Å². The van der Waals surface area contributed by atoms with Crippen LogP contribution in [0, 0.1) is 6.92 Å². The summed E-state index contributed by atoms with van der Waals surface area (Å²) in [6, 6.07) is 10.6. The highest BCUT2D eigenvalue weighted by Gasteiger charge is 2.13. The average Bonchev–Trinajstić information content (AvgIpc) is 2.58. The number of rotatable bonds is 4. The van der Waals surface area contributed by atoms with Crippen LogP contribution >= 0.6 is 11.6 Å². The molecule has 0 radical (unpaired) electrons. The van der Waals surface area contributed by atoms with E-state index in [0.29, 0.717) is 16.4 Å². The zero-order valence-electron chi connectivity index (χ0n) is 14.1. The predicted molar refractivity (Wildman–Crippen MR) is 100 cm³/mol. The Bertz CT molecular complexity index is 1080. The summed E-state index contributed by atoms with van der Waals surface area (Å²) in [6.45, 7) is 3.08. The maximum absolute atomic E-state index is 12.9. The normalized spacial score (nSPS) is 11.0. The smallest absolute Gasteiger partial charge is 0.331 e. The molecule has 7 nitrogen and oxygen atoms in total. The fourth-order valence-electron chi connectivity index (χ4n) is 2.38. The third-order valence-corrected chi connectivity index (χ3v) is 3.77. The number of nitrogens with one attached hydrogen (secondary N) is 1. The molecule has 8 heteroatoms. The third-order valence-electron chi connectivity index (χ3n) is 3.53. The maximum atomic E-state index is 12.9. The average molecular weight is 371 g/mol. The first-order chi connectivity index (χ1) is 12.5. The summed E-state index contributed by atoms with van der Waals surface area (Å²) in [7, 11) is 0. The molecule has 0 unspecified atom stereocenters. The van der Waals surface area contributed by atoms with Crippen LogP contribution in [0.2, 0.25) is 5.02 Å². The van der Waals surface area contributed by atoms with Gasteiger partial charge in [-0.05, 0) is 36.8 Å². The Hall–Kier alpha value is -3.19. The van der Waals surface area contributed by atoms with Crippen molar-refractivity contribution < 1.29 is 9.63 Å². The van der Waals surface area contributed by atoms with Crippen LogP contribution in [0.5, 0.6) is 0 Å². The van der Waals surface area contributed by atoms with Crippen LogP contribution in [-0.4, -0.2) is 21.6 Å². The zero-order valence-corrected chi connectivity index (χ0v) is 14.8. The maximum Gasteiger partial charge on any atom is 0.331 e. The molecule has 0 aliphatic rings. The van der Waals surface area contributed by atoms with Crippen LogP contribution in [0.15, 0.2) is 52.5 Å². The fraction of sp³-hybridized carbons (Fsp3) is 0.111. The number of carbonyl (C=O) groups is 1. The minimum Gasteiger partial charge on any atom is -0.339 e. The molecular formula is C18H15ClN4O3. The second-order valence-corrected chi connectivity index (χ2v) is 5.95. The molecule has 0 fully saturated rings. The van der Waals surface area contributed by atoms with Crippen molar-refractivity contribution in [2.24, 2.45) is 5.16 Å². The van der Waals surface area contributed by atoms with Crippen molar-refractivity contribution in [2.45, 2.75) is 13.8 Å². The number of aromatic nitrogens is 2. The lowest BCUT2D eigenvalue weighted by atomic mass is 10.2. The Balaban J connectivity index is 2.17. The largest absolute Gasteiger partial charge is 0.339 e. The number of hydrogen-bond acceptors (Lipinski definition) is 6. The number of aryl methyl sites for hydroxylation is 1. The first-order valence-corrected chi connectivity index (χ1v) is 8.09. The highest BCUT2D eigenvalue weighted by Crippen LogP contribution is 2.21. The van der Waals surface area contributed by atoms with Gasteiger partial charge in [0.05, 0.1) is 6.21 Å². The van der Waals surface area contributed by atoms with Crippen molar-refractivity contribution in [1.82, 2.24) is 9.38 Å². The number of anilines is 2. The quantitative estimate of drug-likeness (QED) is 0.432. The Kier molecular flexibility index (Phi) is 4.99. The second kappa shape index (κ2) is 7.37. The van der Waals surface area contributed by atoms with Crippen LogP contribution in [0.1, 0.15) is 18.1 Å². The van der Waals surface area contributed by atoms with Gasteiger partial charge in [0.15, 0.2) is 0 Å². The Morgan fingerprint density at radius 3 is 2.88 bits per heavy atom. The fourth-order valence-corrected chi connectivity index (χ4v) is 2.57. The lowest BCUT2D eigenvalue weighted by Crippen LogP contribution is -2.22. The van der Waals surface area contributed by atoms with E-state index in [0.717, 1.165) is 5.56 Å². The molecule has 0 aliphatic heterocycles. The van der Waals surface area contributed by atoms with Crippen LogP contribution in [0.3, 0.4) is 0 Å². The van der Waals surface area contributed by atoms with Crippen molar-refractivity contribution in [2.75, 3.05) is 5.32 Å². The van der Waals surface area contributed by atoms with Gasteiger partial charge in [-0.25, -0.2) is 9.78 Å². The summed E-state index contributed by atoms with van der Waals surface area (Å²) >= 11 is 6.01. The number of hydrogen-bond donors (Lipinski definition) is 1. The van der Waals surface area contributed by atoms with Gasteiger partial charge in [0.25, 0.3) is 5.56 Å². The van der Waals surface area contributed by atoms with E-state index in [1.54, 1.807) is 36.5 Å². The molecule has 0 aliphatic carbocycles. The zero-order chi connectivity index (χ0) is 18.7. The van der Waals surface area contributed by atoms with Gasteiger partial charge in [0.2, 0.25) is 0 Å². The molecule has 3 rings (SSSR count). The number of fused-ring (bicyclic) bond motifs is 1. The van der Waals surface area contributed by atoms with E-state index in [1.807, 2.05) is 13.0 Å². The van der Waals surface area contributed by atoms with Crippen molar-refractivity contribution in [1.29, 1.82) is 0 Å². The van der Waals surface area contributed by atoms with Crippen LogP contribution in [-0.2, 0) is 9.63 Å². The van der Waals surface area contributed by atoms with Crippen molar-refractivity contribution >= 4 is 40.9 Å². The second-order valence-electron chi connectivity index (χ2n) is 5.52. The summed E-state index contributed by atoms with van der Waals surface area (Å²) in [4.78, 5) is 32.9. The number of nitrogens with zero attached hydrogens (tertiary/aromatic N) is 3. The van der Waals surface area contributed by atoms with Gasteiger partial charge in [-0.2, -0.15) is 0 Å². The Morgan fingerprint density at radius 1 is 1.35 bits per heavy atom. The molecule has 0 saturated heterocycles. The van der Waals surface area contributed by atoms with E-state index in [1.165, 1.54) is 17.5 Å². The summed E-state index contributed by atoms with van der Waals surface area (Å²) in [5, 5.41) is 7.17. The molecule has 1 aromatic carbocycles. The summed E-state index contributed by atoms with van der Waals surface area (Å²) < 4.78 is 1.41. The highest BCUT2D eigenvalue weighted by molar-refractivity contribution is 6.30. The van der Waals surface area contributed by atoms with E-state index in [4.69, 9.17) is 11.6 Å². The van der Waals surface area contributed by atoms with Gasteiger partial charge < -0.3 is 10.2 Å². The minimum absolute atomic E-state index is 0.148. The standard InChI is InChI=1S/C18H15ClN4O3/c1-11-5-4-8-23-17(11)22-16(21-14-7-3-6-13(19)9-14)15(18(23)25)10-20-26-12(2)24/h3-10,21H,1-2H3. The van der Waals surface area contributed by atoms with Crippen molar-refractivity contribution in [3.63, 3.8) is 0 Å². The molecule has 0 saturated carbocycles. The SMILES string of the molecule is CC(=O)ON=Cc1c(Nc2cccc(Cl)c2)nc2c(C)cccn2c1=O. The molecular weight excluding hydrogens is 356 g/mol. The molecule has 1 N–H and O–H groups in total.